The van der Waals surface area contributed by atoms with Crippen LogP contribution in [0.4, 0.5) is 0 Å². The number of hydrogen-bond donors (Lipinski definition) is 2. The van der Waals surface area contributed by atoms with Crippen molar-refractivity contribution in [2.24, 2.45) is 5.14 Å². The predicted molar refractivity (Wildman–Crippen MR) is 93.3 cm³/mol. The van der Waals surface area contributed by atoms with E-state index in [1.165, 1.54) is 24.8 Å². The third-order valence-corrected chi connectivity index (χ3v) is 5.07. The Morgan fingerprint density at radius 2 is 2.09 bits per heavy atom. The molecule has 0 bridgehead atoms. The van der Waals surface area contributed by atoms with E-state index < -0.39 is 0 Å². The van der Waals surface area contributed by atoms with Crippen LogP contribution in [0, 0.1) is 0 Å². The first-order valence-electron chi connectivity index (χ1n) is 7.85. The summed E-state index contributed by atoms with van der Waals surface area (Å²) < 4.78 is 2.05. The molecule has 118 valence electrons. The maximum absolute atomic E-state index is 12.4. The van der Waals surface area contributed by atoms with Gasteiger partial charge in [0.1, 0.15) is 5.69 Å². The Morgan fingerprint density at radius 3 is 2.87 bits per heavy atom. The van der Waals surface area contributed by atoms with Crippen molar-refractivity contribution in [3.05, 3.63) is 46.9 Å². The van der Waals surface area contributed by atoms with E-state index in [1.54, 1.807) is 6.20 Å². The normalized spacial score (nSPS) is 15.5. The van der Waals surface area contributed by atoms with Gasteiger partial charge in [0.05, 0.1) is 16.9 Å². The van der Waals surface area contributed by atoms with Gasteiger partial charge in [-0.15, -0.1) is 0 Å². The van der Waals surface area contributed by atoms with Gasteiger partial charge in [-0.2, -0.15) is 5.10 Å². The van der Waals surface area contributed by atoms with Crippen LogP contribution < -0.4 is 10.7 Å². The largest absolute Gasteiger partial charge is 0.328 e. The average molecular weight is 326 g/mol. The Morgan fingerprint density at radius 1 is 1.26 bits per heavy atom. The number of rotatable bonds is 3. The Labute approximate surface area is 138 Å². The molecule has 0 atom stereocenters. The van der Waals surface area contributed by atoms with Gasteiger partial charge in [-0.05, 0) is 43.0 Å². The molecule has 1 aromatic carbocycles. The molecule has 1 aliphatic carbocycles. The van der Waals surface area contributed by atoms with E-state index in [2.05, 4.69) is 9.67 Å². The van der Waals surface area contributed by atoms with Gasteiger partial charge in [-0.3, -0.25) is 14.6 Å². The molecule has 1 saturated carbocycles. The van der Waals surface area contributed by atoms with Crippen LogP contribution >= 0.6 is 11.9 Å². The van der Waals surface area contributed by atoms with Crippen LogP contribution in [-0.4, -0.2) is 14.8 Å². The number of aromatic amines is 1. The molecule has 6 heteroatoms. The Hall–Kier alpha value is -2.05. The summed E-state index contributed by atoms with van der Waals surface area (Å²) in [5, 5.41) is 11.2. The third kappa shape index (κ3) is 2.48. The number of H-pyrrole nitrogens is 1. The fourth-order valence-electron chi connectivity index (χ4n) is 3.45. The number of fused-ring (bicyclic) bond motifs is 1. The first kappa shape index (κ1) is 14.5. The number of nitrogens with zero attached hydrogens (tertiary/aromatic N) is 2. The van der Waals surface area contributed by atoms with Crippen LogP contribution in [0.25, 0.3) is 22.2 Å². The molecular weight excluding hydrogens is 308 g/mol. The topological polar surface area (TPSA) is 76.7 Å². The van der Waals surface area contributed by atoms with Gasteiger partial charge in [0, 0.05) is 16.7 Å². The molecule has 1 fully saturated rings. The summed E-state index contributed by atoms with van der Waals surface area (Å²) in [4.78, 5) is 16.2. The van der Waals surface area contributed by atoms with Crippen molar-refractivity contribution in [3.63, 3.8) is 0 Å². The molecule has 4 rings (SSSR count). The van der Waals surface area contributed by atoms with Crippen LogP contribution in [0.5, 0.6) is 0 Å². The van der Waals surface area contributed by atoms with Crippen molar-refractivity contribution in [1.82, 2.24) is 14.8 Å². The van der Waals surface area contributed by atoms with Crippen molar-refractivity contribution >= 4 is 22.9 Å². The second-order valence-corrected chi connectivity index (χ2v) is 6.65. The fourth-order valence-corrected chi connectivity index (χ4v) is 3.80. The first-order chi connectivity index (χ1) is 11.3. The lowest BCUT2D eigenvalue weighted by Gasteiger charge is -2.10. The van der Waals surface area contributed by atoms with Crippen molar-refractivity contribution < 1.29 is 0 Å². The highest BCUT2D eigenvalue weighted by Gasteiger charge is 2.23. The zero-order chi connectivity index (χ0) is 15.8. The van der Waals surface area contributed by atoms with E-state index in [-0.39, 0.29) is 5.56 Å². The highest BCUT2D eigenvalue weighted by atomic mass is 32.2. The van der Waals surface area contributed by atoms with Gasteiger partial charge in [0.25, 0.3) is 5.56 Å². The molecule has 3 aromatic rings. The second kappa shape index (κ2) is 5.86. The fraction of sp³-hybridized carbons (Fsp3) is 0.294. The molecule has 0 radical (unpaired) electrons. The van der Waals surface area contributed by atoms with Crippen molar-refractivity contribution in [3.8, 4) is 11.3 Å². The number of hydrogen-bond acceptors (Lipinski definition) is 4. The first-order valence-corrected chi connectivity index (χ1v) is 8.73. The summed E-state index contributed by atoms with van der Waals surface area (Å²) >= 11 is 1.20. The SMILES string of the molecule is NSc1cccc(-c2nn(C3CCCC3)c3cc[nH]c(=O)c23)c1. The summed E-state index contributed by atoms with van der Waals surface area (Å²) in [6, 6.07) is 10.2. The van der Waals surface area contributed by atoms with Crippen LogP contribution in [-0.2, 0) is 0 Å². The summed E-state index contributed by atoms with van der Waals surface area (Å²) in [6.45, 7) is 0. The second-order valence-electron chi connectivity index (χ2n) is 5.94. The van der Waals surface area contributed by atoms with E-state index in [4.69, 9.17) is 10.2 Å². The standard InChI is InChI=1S/C17H18N4OS/c18-23-13-7-3-4-11(10-13)16-15-14(8-9-19-17(15)22)21(20-16)12-5-1-2-6-12/h3-4,7-10,12H,1-2,5-6,18H2,(H,19,22). The van der Waals surface area contributed by atoms with Gasteiger partial charge in [-0.25, -0.2) is 0 Å². The van der Waals surface area contributed by atoms with Gasteiger partial charge in [0.2, 0.25) is 0 Å². The molecular formula is C17H18N4OS. The Kier molecular flexibility index (Phi) is 3.71. The highest BCUT2D eigenvalue weighted by Crippen LogP contribution is 2.34. The number of nitrogens with two attached hydrogens (primary N) is 1. The van der Waals surface area contributed by atoms with Crippen molar-refractivity contribution in [1.29, 1.82) is 0 Å². The monoisotopic (exact) mass is 326 g/mol. The molecule has 0 spiro atoms. The maximum Gasteiger partial charge on any atom is 0.259 e. The lowest BCUT2D eigenvalue weighted by molar-refractivity contribution is 0.483. The molecule has 0 saturated heterocycles. The summed E-state index contributed by atoms with van der Waals surface area (Å²) in [6.07, 6.45) is 6.41. The molecule has 0 unspecified atom stereocenters. The van der Waals surface area contributed by atoms with E-state index in [1.807, 2.05) is 30.3 Å². The molecule has 5 nitrogen and oxygen atoms in total. The van der Waals surface area contributed by atoms with E-state index in [0.29, 0.717) is 11.4 Å². The molecule has 0 amide bonds. The minimum atomic E-state index is -0.0902. The van der Waals surface area contributed by atoms with Crippen LogP contribution in [0.15, 0.2) is 46.2 Å². The highest BCUT2D eigenvalue weighted by molar-refractivity contribution is 7.97. The van der Waals surface area contributed by atoms with Crippen LogP contribution in [0.1, 0.15) is 31.7 Å². The van der Waals surface area contributed by atoms with Gasteiger partial charge < -0.3 is 4.98 Å². The maximum atomic E-state index is 12.4. The lowest BCUT2D eigenvalue weighted by atomic mass is 10.1. The van der Waals surface area contributed by atoms with Crippen molar-refractivity contribution in [2.75, 3.05) is 0 Å². The zero-order valence-electron chi connectivity index (χ0n) is 12.7. The number of pyridine rings is 1. The number of nitrogens with one attached hydrogen (secondary N) is 1. The number of aromatic nitrogens is 3. The van der Waals surface area contributed by atoms with Crippen LogP contribution in [0.2, 0.25) is 0 Å². The smallest absolute Gasteiger partial charge is 0.259 e. The van der Waals surface area contributed by atoms with Gasteiger partial charge in [-0.1, -0.05) is 25.0 Å². The van der Waals surface area contributed by atoms with Gasteiger partial charge >= 0.3 is 0 Å². The molecule has 0 aliphatic heterocycles. The molecule has 23 heavy (non-hydrogen) atoms. The molecule has 1 aliphatic rings. The summed E-state index contributed by atoms with van der Waals surface area (Å²) in [5.41, 5.74) is 2.50. The Balaban J connectivity index is 1.97. The van der Waals surface area contributed by atoms with Crippen molar-refractivity contribution in [2.45, 2.75) is 36.6 Å². The van der Waals surface area contributed by atoms with Crippen LogP contribution in [0.3, 0.4) is 0 Å². The van der Waals surface area contributed by atoms with Gasteiger partial charge in [0.15, 0.2) is 0 Å². The Bertz CT molecular complexity index is 908. The number of benzene rings is 1. The zero-order valence-corrected chi connectivity index (χ0v) is 13.5. The molecule has 2 aromatic heterocycles. The lowest BCUT2D eigenvalue weighted by Crippen LogP contribution is -2.08. The molecule has 2 heterocycles. The summed E-state index contributed by atoms with van der Waals surface area (Å²) in [7, 11) is 0. The minimum absolute atomic E-state index is 0.0902. The minimum Gasteiger partial charge on any atom is -0.328 e. The van der Waals surface area contributed by atoms with E-state index in [0.717, 1.165) is 34.5 Å². The van der Waals surface area contributed by atoms with E-state index in [9.17, 15) is 4.79 Å². The predicted octanol–water partition coefficient (Wildman–Crippen LogP) is 3.47. The quantitative estimate of drug-likeness (QED) is 0.723. The third-order valence-electron chi connectivity index (χ3n) is 4.54. The van der Waals surface area contributed by atoms with E-state index >= 15 is 0 Å². The molecule has 3 N–H and O–H groups in total. The summed E-state index contributed by atoms with van der Waals surface area (Å²) in [5.74, 6) is 0. The average Bonchev–Trinajstić information content (AvgIpc) is 3.23.